The first-order chi connectivity index (χ1) is 16.1. The number of amides is 4. The van der Waals surface area contributed by atoms with E-state index in [2.05, 4.69) is 20.9 Å². The summed E-state index contributed by atoms with van der Waals surface area (Å²) in [6.07, 6.45) is 2.50. The Bertz CT molecular complexity index is 809. The number of nitrogens with one attached hydrogen (secondary N) is 3. The van der Waals surface area contributed by atoms with E-state index in [1.165, 1.54) is 4.90 Å². The molecule has 0 aromatic carbocycles. The van der Waals surface area contributed by atoms with Crippen molar-refractivity contribution in [3.05, 3.63) is 0 Å². The lowest BCUT2D eigenvalue weighted by Gasteiger charge is -2.28. The van der Waals surface area contributed by atoms with Crippen LogP contribution >= 0.6 is 0 Å². The van der Waals surface area contributed by atoms with Crippen LogP contribution in [0.2, 0.25) is 0 Å². The van der Waals surface area contributed by atoms with E-state index in [9.17, 15) is 29.1 Å². The van der Waals surface area contributed by atoms with E-state index in [-0.39, 0.29) is 30.9 Å². The Hall–Kier alpha value is -3.42. The molecule has 4 amide bonds. The van der Waals surface area contributed by atoms with Gasteiger partial charge in [-0.25, -0.2) is 4.79 Å². The second kappa shape index (κ2) is 12.7. The van der Waals surface area contributed by atoms with Crippen molar-refractivity contribution in [2.45, 2.75) is 69.1 Å². The predicted molar refractivity (Wildman–Crippen MR) is 121 cm³/mol. The summed E-state index contributed by atoms with van der Waals surface area (Å²) in [6.45, 7) is 1.37. The molecule has 0 bridgehead atoms. The molecule has 2 aliphatic rings. The minimum atomic E-state index is -1.54. The van der Waals surface area contributed by atoms with Crippen molar-refractivity contribution >= 4 is 35.6 Å². The summed E-state index contributed by atoms with van der Waals surface area (Å²) >= 11 is 0. The predicted octanol–water partition coefficient (Wildman–Crippen LogP) is -3.29. The van der Waals surface area contributed by atoms with Crippen molar-refractivity contribution in [2.24, 2.45) is 22.2 Å². The third kappa shape index (κ3) is 7.86. The molecule has 0 saturated carbocycles. The van der Waals surface area contributed by atoms with Crippen LogP contribution in [0, 0.1) is 0 Å². The summed E-state index contributed by atoms with van der Waals surface area (Å²) in [5.41, 5.74) is 15.7. The normalized spacial score (nSPS) is 21.4. The second-order valence-electron chi connectivity index (χ2n) is 8.42. The molecule has 0 aromatic rings. The van der Waals surface area contributed by atoms with Crippen LogP contribution in [0.3, 0.4) is 0 Å². The Labute approximate surface area is 197 Å². The van der Waals surface area contributed by atoms with E-state index >= 15 is 0 Å². The number of likely N-dealkylation sites (tertiary alicyclic amines) is 1. The van der Waals surface area contributed by atoms with Crippen molar-refractivity contribution in [1.82, 2.24) is 20.9 Å². The number of carbonyl (C=O) groups excluding carboxylic acids is 4. The summed E-state index contributed by atoms with van der Waals surface area (Å²) < 4.78 is 0. The molecule has 2 saturated heterocycles. The maximum atomic E-state index is 13.1. The zero-order valence-corrected chi connectivity index (χ0v) is 19.0. The minimum Gasteiger partial charge on any atom is -0.480 e. The topological polar surface area (TPSA) is 235 Å². The molecule has 0 spiro atoms. The molecular weight excluding hydrogens is 448 g/mol. The number of carbonyl (C=O) groups is 5. The number of aliphatic imine (C=N–C) groups is 1. The van der Waals surface area contributed by atoms with Gasteiger partial charge in [0.25, 0.3) is 0 Å². The van der Waals surface area contributed by atoms with Crippen LogP contribution in [0.4, 0.5) is 0 Å². The molecular formula is C20H34N8O6. The fourth-order valence-corrected chi connectivity index (χ4v) is 4.11. The molecule has 2 aliphatic heterocycles. The average Bonchev–Trinajstić information content (AvgIpc) is 3.46. The van der Waals surface area contributed by atoms with Gasteiger partial charge in [0.2, 0.25) is 23.6 Å². The molecule has 190 valence electrons. The van der Waals surface area contributed by atoms with E-state index in [0.717, 1.165) is 13.0 Å². The van der Waals surface area contributed by atoms with Crippen molar-refractivity contribution in [3.8, 4) is 0 Å². The van der Waals surface area contributed by atoms with Crippen molar-refractivity contribution in [2.75, 3.05) is 19.6 Å². The molecule has 14 nitrogen and oxygen atoms in total. The molecule has 34 heavy (non-hydrogen) atoms. The highest BCUT2D eigenvalue weighted by Crippen LogP contribution is 2.21. The van der Waals surface area contributed by atoms with E-state index in [1.54, 1.807) is 0 Å². The number of rotatable bonds is 12. The Morgan fingerprint density at radius 2 is 1.79 bits per heavy atom. The second-order valence-corrected chi connectivity index (χ2v) is 8.42. The molecule has 4 atom stereocenters. The van der Waals surface area contributed by atoms with Crippen LogP contribution in [-0.4, -0.2) is 89.4 Å². The highest BCUT2D eigenvalue weighted by molar-refractivity contribution is 5.95. The molecule has 14 heteroatoms. The Morgan fingerprint density at radius 1 is 1.06 bits per heavy atom. The van der Waals surface area contributed by atoms with Gasteiger partial charge in [-0.2, -0.15) is 0 Å². The van der Waals surface area contributed by atoms with Gasteiger partial charge < -0.3 is 43.2 Å². The monoisotopic (exact) mass is 482 g/mol. The van der Waals surface area contributed by atoms with Crippen molar-refractivity contribution in [1.29, 1.82) is 0 Å². The fourth-order valence-electron chi connectivity index (χ4n) is 4.11. The summed E-state index contributed by atoms with van der Waals surface area (Å²) in [4.78, 5) is 66.6. The first-order valence-electron chi connectivity index (χ1n) is 11.3. The van der Waals surface area contributed by atoms with Crippen molar-refractivity contribution in [3.63, 3.8) is 0 Å². The molecule has 0 aliphatic carbocycles. The maximum Gasteiger partial charge on any atom is 0.326 e. The van der Waals surface area contributed by atoms with Gasteiger partial charge in [0.05, 0.1) is 12.5 Å². The van der Waals surface area contributed by atoms with Gasteiger partial charge in [0.15, 0.2) is 5.96 Å². The number of guanidine groups is 1. The fraction of sp³-hybridized carbons (Fsp3) is 0.700. The highest BCUT2D eigenvalue weighted by Gasteiger charge is 2.39. The van der Waals surface area contributed by atoms with Crippen LogP contribution < -0.4 is 33.2 Å². The van der Waals surface area contributed by atoms with Crippen LogP contribution in [0.25, 0.3) is 0 Å². The lowest BCUT2D eigenvalue weighted by Crippen LogP contribution is -2.56. The number of carboxylic acid groups (broad SMARTS) is 1. The first kappa shape index (κ1) is 26.8. The third-order valence-electron chi connectivity index (χ3n) is 5.80. The smallest absolute Gasteiger partial charge is 0.326 e. The van der Waals surface area contributed by atoms with Gasteiger partial charge in [-0.3, -0.25) is 24.2 Å². The van der Waals surface area contributed by atoms with Crippen LogP contribution in [0.5, 0.6) is 0 Å². The van der Waals surface area contributed by atoms with Gasteiger partial charge >= 0.3 is 5.97 Å². The number of aliphatic carboxylic acids is 1. The van der Waals surface area contributed by atoms with Gasteiger partial charge in [-0.05, 0) is 45.1 Å². The highest BCUT2D eigenvalue weighted by atomic mass is 16.4. The summed E-state index contributed by atoms with van der Waals surface area (Å²) in [6, 6.07) is -3.72. The summed E-state index contributed by atoms with van der Waals surface area (Å²) in [7, 11) is 0. The van der Waals surface area contributed by atoms with Crippen LogP contribution in [0.1, 0.15) is 44.9 Å². The molecule has 2 heterocycles. The number of hydrogen-bond acceptors (Lipinski definition) is 7. The lowest BCUT2D eigenvalue weighted by molar-refractivity contribution is -0.144. The van der Waals surface area contributed by atoms with Gasteiger partial charge in [-0.1, -0.05) is 0 Å². The SMILES string of the molecule is NC(=O)CC(NC(=O)C(CCCN=C(N)N)NC(=O)C1CCCN1C(=O)C1CCCN1)C(=O)O. The minimum absolute atomic E-state index is 0.0993. The van der Waals surface area contributed by atoms with E-state index < -0.39 is 48.2 Å². The van der Waals surface area contributed by atoms with Crippen molar-refractivity contribution < 1.29 is 29.1 Å². The first-order valence-corrected chi connectivity index (χ1v) is 11.3. The largest absolute Gasteiger partial charge is 0.480 e. The summed E-state index contributed by atoms with van der Waals surface area (Å²) in [5.74, 6) is -3.90. The molecule has 0 aromatic heterocycles. The Kier molecular flexibility index (Phi) is 10.0. The Morgan fingerprint density at radius 3 is 2.38 bits per heavy atom. The molecule has 2 fully saturated rings. The molecule has 4 unspecified atom stereocenters. The average molecular weight is 483 g/mol. The van der Waals surface area contributed by atoms with Gasteiger partial charge in [0.1, 0.15) is 18.1 Å². The van der Waals surface area contributed by atoms with Gasteiger partial charge in [-0.15, -0.1) is 0 Å². The molecule has 10 N–H and O–H groups in total. The summed E-state index contributed by atoms with van der Waals surface area (Å²) in [5, 5.41) is 17.3. The van der Waals surface area contributed by atoms with E-state index in [0.29, 0.717) is 32.2 Å². The number of nitrogens with two attached hydrogens (primary N) is 3. The van der Waals surface area contributed by atoms with E-state index in [1.807, 2.05) is 0 Å². The number of carboxylic acids is 1. The van der Waals surface area contributed by atoms with Gasteiger partial charge in [0, 0.05) is 13.1 Å². The van der Waals surface area contributed by atoms with E-state index in [4.69, 9.17) is 17.2 Å². The maximum absolute atomic E-state index is 13.1. The Balaban J connectivity index is 2.09. The molecule has 2 rings (SSSR count). The van der Waals surface area contributed by atoms with Crippen LogP contribution in [-0.2, 0) is 24.0 Å². The zero-order valence-electron chi connectivity index (χ0n) is 19.0. The third-order valence-corrected chi connectivity index (χ3v) is 5.80. The lowest BCUT2D eigenvalue weighted by atomic mass is 10.1. The number of nitrogens with zero attached hydrogens (tertiary/aromatic N) is 2. The number of hydrogen-bond donors (Lipinski definition) is 7. The molecule has 0 radical (unpaired) electrons. The standard InChI is InChI=1S/C20H34N8O6/c21-15(29)10-13(19(33)34)27-16(30)11(4-1-8-25-20(22)23)26-17(31)14-6-3-9-28(14)18(32)12-5-2-7-24-12/h11-14,24H,1-10H2,(H2,21,29)(H,26,31)(H,27,30)(H,33,34)(H4,22,23,25). The van der Waals surface area contributed by atoms with Crippen LogP contribution in [0.15, 0.2) is 4.99 Å². The quantitative estimate of drug-likeness (QED) is 0.0837. The zero-order chi connectivity index (χ0) is 25.3. The number of primary amides is 1.